The first-order chi connectivity index (χ1) is 10.9. The van der Waals surface area contributed by atoms with E-state index >= 15 is 0 Å². The van der Waals surface area contributed by atoms with E-state index in [0.29, 0.717) is 23.9 Å². The van der Waals surface area contributed by atoms with Gasteiger partial charge in [-0.3, -0.25) is 4.90 Å². The predicted octanol–water partition coefficient (Wildman–Crippen LogP) is 5.55. The van der Waals surface area contributed by atoms with Gasteiger partial charge in [0.25, 0.3) is 0 Å². The smallest absolute Gasteiger partial charge is 0.118 e. The lowest BCUT2D eigenvalue weighted by Gasteiger charge is -2.38. The van der Waals surface area contributed by atoms with Crippen molar-refractivity contribution in [1.29, 1.82) is 0 Å². The quantitative estimate of drug-likeness (QED) is 0.718. The molecular formula is C20H29NOS. The molecule has 1 aromatic heterocycles. The molecule has 23 heavy (non-hydrogen) atoms. The summed E-state index contributed by atoms with van der Waals surface area (Å²) in [7, 11) is 0. The Balaban J connectivity index is 2.23. The van der Waals surface area contributed by atoms with Crippen LogP contribution in [0.25, 0.3) is 0 Å². The molecule has 2 rings (SSSR count). The molecule has 0 spiro atoms. The minimum Gasteiger partial charge on any atom is -0.508 e. The van der Waals surface area contributed by atoms with Gasteiger partial charge in [0.2, 0.25) is 0 Å². The molecular weight excluding hydrogens is 302 g/mol. The van der Waals surface area contributed by atoms with Crippen molar-refractivity contribution in [3.8, 4) is 5.75 Å². The van der Waals surface area contributed by atoms with Crippen LogP contribution in [0.15, 0.2) is 35.7 Å². The van der Waals surface area contributed by atoms with Crippen molar-refractivity contribution in [3.05, 3.63) is 51.7 Å². The molecule has 0 bridgehead atoms. The van der Waals surface area contributed by atoms with Crippen LogP contribution in [0.1, 0.15) is 56.2 Å². The summed E-state index contributed by atoms with van der Waals surface area (Å²) in [5.41, 5.74) is 2.26. The molecule has 0 saturated heterocycles. The SMILES string of the molecule is Cc1ccc(O)c(CCC(c2cccs2)N(C(C)C)C(C)C)c1. The van der Waals surface area contributed by atoms with Gasteiger partial charge in [-0.05, 0) is 70.5 Å². The fourth-order valence-corrected chi connectivity index (χ4v) is 4.31. The van der Waals surface area contributed by atoms with Crippen LogP contribution in [0.2, 0.25) is 0 Å². The van der Waals surface area contributed by atoms with Gasteiger partial charge in [0, 0.05) is 23.0 Å². The lowest BCUT2D eigenvalue weighted by molar-refractivity contribution is 0.108. The van der Waals surface area contributed by atoms with Crippen LogP contribution in [0.5, 0.6) is 5.75 Å². The summed E-state index contributed by atoms with van der Waals surface area (Å²) in [4.78, 5) is 4.00. The van der Waals surface area contributed by atoms with Crippen LogP contribution in [0, 0.1) is 6.92 Å². The minimum absolute atomic E-state index is 0.398. The molecule has 1 unspecified atom stereocenters. The Bertz CT molecular complexity index is 596. The van der Waals surface area contributed by atoms with Crippen LogP contribution in [-0.4, -0.2) is 22.1 Å². The van der Waals surface area contributed by atoms with Gasteiger partial charge in [-0.2, -0.15) is 0 Å². The van der Waals surface area contributed by atoms with Gasteiger partial charge in [-0.25, -0.2) is 0 Å². The first-order valence-electron chi connectivity index (χ1n) is 8.49. The van der Waals surface area contributed by atoms with Crippen molar-refractivity contribution in [2.45, 2.75) is 65.6 Å². The van der Waals surface area contributed by atoms with Crippen LogP contribution in [-0.2, 0) is 6.42 Å². The normalized spacial score (nSPS) is 13.2. The van der Waals surface area contributed by atoms with E-state index in [-0.39, 0.29) is 0 Å². The standard InChI is InChI=1S/C20H29NOS/c1-14(2)21(15(3)4)18(20-7-6-12-23-20)10-9-17-13-16(5)8-11-19(17)22/h6-8,11-15,18,22H,9-10H2,1-5H3. The van der Waals surface area contributed by atoms with E-state index in [0.717, 1.165) is 18.4 Å². The largest absolute Gasteiger partial charge is 0.508 e. The molecule has 0 amide bonds. The van der Waals surface area contributed by atoms with Gasteiger partial charge in [-0.15, -0.1) is 11.3 Å². The highest BCUT2D eigenvalue weighted by Gasteiger charge is 2.26. The van der Waals surface area contributed by atoms with E-state index in [1.807, 2.05) is 23.5 Å². The fraction of sp³-hybridized carbons (Fsp3) is 0.500. The number of hydrogen-bond donors (Lipinski definition) is 1. The zero-order chi connectivity index (χ0) is 17.0. The number of aromatic hydroxyl groups is 1. The molecule has 0 saturated carbocycles. The third-order valence-corrected chi connectivity index (χ3v) is 5.32. The van der Waals surface area contributed by atoms with Gasteiger partial charge < -0.3 is 5.11 Å². The Hall–Kier alpha value is -1.32. The molecule has 1 atom stereocenters. The van der Waals surface area contributed by atoms with Crippen LogP contribution >= 0.6 is 11.3 Å². The van der Waals surface area contributed by atoms with Gasteiger partial charge in [-0.1, -0.05) is 23.8 Å². The van der Waals surface area contributed by atoms with Crippen molar-refractivity contribution in [3.63, 3.8) is 0 Å². The zero-order valence-electron chi connectivity index (χ0n) is 14.9. The number of phenolic OH excluding ortho intramolecular Hbond substituents is 1. The summed E-state index contributed by atoms with van der Waals surface area (Å²) in [6.45, 7) is 11.2. The Morgan fingerprint density at radius 1 is 1.09 bits per heavy atom. The summed E-state index contributed by atoms with van der Waals surface area (Å²) >= 11 is 1.83. The molecule has 2 aromatic rings. The summed E-state index contributed by atoms with van der Waals surface area (Å²) < 4.78 is 0. The van der Waals surface area contributed by atoms with Gasteiger partial charge >= 0.3 is 0 Å². The Morgan fingerprint density at radius 3 is 2.35 bits per heavy atom. The van der Waals surface area contributed by atoms with Crippen molar-refractivity contribution in [2.75, 3.05) is 0 Å². The number of rotatable bonds is 7. The number of hydrogen-bond acceptors (Lipinski definition) is 3. The number of nitrogens with zero attached hydrogens (tertiary/aromatic N) is 1. The van der Waals surface area contributed by atoms with Gasteiger partial charge in [0.15, 0.2) is 0 Å². The molecule has 0 fully saturated rings. The summed E-state index contributed by atoms with van der Waals surface area (Å²) in [5.74, 6) is 0.418. The molecule has 0 aliphatic carbocycles. The highest BCUT2D eigenvalue weighted by Crippen LogP contribution is 2.33. The van der Waals surface area contributed by atoms with E-state index in [2.05, 4.69) is 63.1 Å². The number of thiophene rings is 1. The fourth-order valence-electron chi connectivity index (χ4n) is 3.44. The van der Waals surface area contributed by atoms with Crippen LogP contribution < -0.4 is 0 Å². The number of benzene rings is 1. The molecule has 3 heteroatoms. The second-order valence-electron chi connectivity index (χ2n) is 6.84. The van der Waals surface area contributed by atoms with Crippen molar-refractivity contribution < 1.29 is 5.11 Å². The monoisotopic (exact) mass is 331 g/mol. The van der Waals surface area contributed by atoms with Crippen molar-refractivity contribution in [1.82, 2.24) is 4.90 Å². The van der Waals surface area contributed by atoms with Gasteiger partial charge in [0.05, 0.1) is 0 Å². The first kappa shape index (κ1) is 18.0. The van der Waals surface area contributed by atoms with E-state index in [1.54, 1.807) is 0 Å². The second-order valence-corrected chi connectivity index (χ2v) is 7.82. The molecule has 0 radical (unpaired) electrons. The average molecular weight is 332 g/mol. The lowest BCUT2D eigenvalue weighted by atomic mass is 9.98. The van der Waals surface area contributed by atoms with E-state index in [4.69, 9.17) is 0 Å². The maximum absolute atomic E-state index is 10.1. The molecule has 0 aliphatic rings. The highest BCUT2D eigenvalue weighted by atomic mass is 32.1. The average Bonchev–Trinajstić information content (AvgIpc) is 2.99. The third-order valence-electron chi connectivity index (χ3n) is 4.35. The molecule has 1 heterocycles. The van der Waals surface area contributed by atoms with Crippen molar-refractivity contribution in [2.24, 2.45) is 0 Å². The van der Waals surface area contributed by atoms with Crippen LogP contribution in [0.4, 0.5) is 0 Å². The molecule has 0 aliphatic heterocycles. The molecule has 1 N–H and O–H groups in total. The third kappa shape index (κ3) is 4.58. The summed E-state index contributed by atoms with van der Waals surface area (Å²) in [6.07, 6.45) is 1.92. The van der Waals surface area contributed by atoms with E-state index < -0.39 is 0 Å². The summed E-state index contributed by atoms with van der Waals surface area (Å²) in [5, 5.41) is 12.3. The van der Waals surface area contributed by atoms with Gasteiger partial charge in [0.1, 0.15) is 5.75 Å². The molecule has 1 aromatic carbocycles. The lowest BCUT2D eigenvalue weighted by Crippen LogP contribution is -2.40. The predicted molar refractivity (Wildman–Crippen MR) is 100 cm³/mol. The maximum atomic E-state index is 10.1. The van der Waals surface area contributed by atoms with E-state index in [9.17, 15) is 5.11 Å². The Kier molecular flexibility index (Phi) is 6.25. The first-order valence-corrected chi connectivity index (χ1v) is 9.37. The van der Waals surface area contributed by atoms with Crippen molar-refractivity contribution >= 4 is 11.3 Å². The zero-order valence-corrected chi connectivity index (χ0v) is 15.7. The molecule has 2 nitrogen and oxygen atoms in total. The highest BCUT2D eigenvalue weighted by molar-refractivity contribution is 7.10. The minimum atomic E-state index is 0.398. The number of aryl methyl sites for hydroxylation is 2. The van der Waals surface area contributed by atoms with Crippen LogP contribution in [0.3, 0.4) is 0 Å². The summed E-state index contributed by atoms with van der Waals surface area (Å²) in [6, 6.07) is 11.6. The maximum Gasteiger partial charge on any atom is 0.118 e. The van der Waals surface area contributed by atoms with E-state index in [1.165, 1.54) is 10.4 Å². The number of phenols is 1. The molecule has 126 valence electrons. The Morgan fingerprint density at radius 2 is 1.78 bits per heavy atom. The Labute approximate surface area is 144 Å². The second kappa shape index (κ2) is 7.98. The topological polar surface area (TPSA) is 23.5 Å².